The monoisotopic (exact) mass is 1070 g/mol. The summed E-state index contributed by atoms with van der Waals surface area (Å²) < 4.78 is 66.3. The molecule has 1 saturated heterocycles. The Bertz CT molecular complexity index is 2580. The zero-order chi connectivity index (χ0) is 56.9. The maximum Gasteiger partial charge on any atom is 0.369 e. The molecule has 11 nitrogen and oxygen atoms in total. The van der Waals surface area contributed by atoms with Gasteiger partial charge in [0.05, 0.1) is 35.6 Å². The van der Waals surface area contributed by atoms with Crippen molar-refractivity contribution in [3.63, 3.8) is 0 Å². The van der Waals surface area contributed by atoms with E-state index in [9.17, 15) is 46.3 Å². The van der Waals surface area contributed by atoms with Crippen LogP contribution in [-0.4, -0.2) is 70.9 Å². The van der Waals surface area contributed by atoms with Crippen molar-refractivity contribution in [2.24, 2.45) is 17.3 Å². The highest BCUT2D eigenvalue weighted by Gasteiger charge is 2.48. The Hall–Kier alpha value is -6.05. The Morgan fingerprint density at radius 3 is 1.49 bits per heavy atom. The fraction of sp³-hybridized carbons (Fsp3) is 0.417. The van der Waals surface area contributed by atoms with E-state index in [0.717, 1.165) is 23.3 Å². The normalized spacial score (nSPS) is 15.7. The molecule has 5 aromatic rings. The predicted octanol–water partition coefficient (Wildman–Crippen LogP) is 12.9. The second-order valence-corrected chi connectivity index (χ2v) is 22.8. The molecule has 5 aromatic carbocycles. The van der Waals surface area contributed by atoms with Gasteiger partial charge in [-0.3, -0.25) is 19.3 Å². The van der Waals surface area contributed by atoms with Gasteiger partial charge >= 0.3 is 11.2 Å². The Labute approximate surface area is 448 Å². The van der Waals surface area contributed by atoms with E-state index < -0.39 is 38.5 Å². The number of terminal acetylenes is 1. The van der Waals surface area contributed by atoms with Crippen LogP contribution in [0.3, 0.4) is 0 Å². The van der Waals surface area contributed by atoms with Crippen LogP contribution in [0, 0.1) is 29.6 Å². The fourth-order valence-corrected chi connectivity index (χ4v) is 9.34. The van der Waals surface area contributed by atoms with Crippen LogP contribution in [0.1, 0.15) is 131 Å². The van der Waals surface area contributed by atoms with E-state index in [2.05, 4.69) is 141 Å². The summed E-state index contributed by atoms with van der Waals surface area (Å²) in [6, 6.07) is 45.9. The number of hydrogen-bond donors (Lipinski definition) is 2. The van der Waals surface area contributed by atoms with Crippen molar-refractivity contribution < 1.29 is 55.8 Å². The quantitative estimate of drug-likeness (QED) is 0.0338. The van der Waals surface area contributed by atoms with Gasteiger partial charge in [-0.25, -0.2) is 8.42 Å². The molecule has 1 aliphatic rings. The second kappa shape index (κ2) is 29.9. The number of phenolic OH excluding ortho intramolecular Hbond substituents is 1. The molecule has 15 heteroatoms. The molecule has 0 aliphatic carbocycles. The average Bonchev–Trinajstić information content (AvgIpc) is 3.57. The number of benzene rings is 5. The predicted molar refractivity (Wildman–Crippen MR) is 293 cm³/mol. The molecule has 0 radical (unpaired) electrons. The lowest BCUT2D eigenvalue weighted by Gasteiger charge is -2.29. The highest BCUT2D eigenvalue weighted by molar-refractivity contribution is 7.97. The van der Waals surface area contributed by atoms with Crippen LogP contribution in [0.15, 0.2) is 148 Å². The number of alkyl halides is 2. The Balaban J connectivity index is 0.000000324. The van der Waals surface area contributed by atoms with Crippen LogP contribution in [0.5, 0.6) is 11.5 Å². The van der Waals surface area contributed by atoms with Crippen LogP contribution in [-0.2, 0) is 45.7 Å². The summed E-state index contributed by atoms with van der Waals surface area (Å²) >= 11 is 0. The number of methoxy groups -OCH3 is 1. The minimum absolute atomic E-state index is 0.0146. The summed E-state index contributed by atoms with van der Waals surface area (Å²) in [6.07, 6.45) is 5.28. The third-order valence-corrected chi connectivity index (χ3v) is 16.2. The first kappa shape index (κ1) is 65.1. The lowest BCUT2D eigenvalue weighted by atomic mass is 9.91. The van der Waals surface area contributed by atoms with Crippen molar-refractivity contribution in [1.29, 1.82) is 0 Å². The summed E-state index contributed by atoms with van der Waals surface area (Å²) in [5.74, 6) is 2.46. The number of aliphatic hydroxyl groups is 1. The lowest BCUT2D eigenvalue weighted by molar-refractivity contribution is -0.170. The SMILES string of the molecule is C#CCN1C(=O)C(C)C(C)C1=O.CCC(C)(C)C(=O)OC(C)C(F)(F)S(=O)(=O)[O-].CCC(C)c1ccc(C(C)(C)O)cc1.CCC(C)c1ccc(O)c(OC)c1.c1ccc([S+](c2ccccc2)c2ccccc2)cc1. The third kappa shape index (κ3) is 19.2. The number of carbonyl (C=O) groups excluding carboxylic acids is 3. The molecule has 75 heavy (non-hydrogen) atoms. The minimum atomic E-state index is -5.86. The zero-order valence-corrected chi connectivity index (χ0v) is 47.3. The number of phenols is 1. The molecule has 0 spiro atoms. The van der Waals surface area contributed by atoms with Gasteiger partial charge < -0.3 is 24.2 Å². The number of likely N-dealkylation sites (tertiary alicyclic amines) is 1. The van der Waals surface area contributed by atoms with Crippen molar-refractivity contribution in [1.82, 2.24) is 4.90 Å². The van der Waals surface area contributed by atoms with Gasteiger partial charge in [-0.1, -0.05) is 139 Å². The molecule has 6 rings (SSSR count). The number of amides is 2. The summed E-state index contributed by atoms with van der Waals surface area (Å²) in [5, 5.41) is 14.5. The number of imide groups is 1. The number of hydrogen-bond acceptors (Lipinski definition) is 10. The molecule has 0 aromatic heterocycles. The van der Waals surface area contributed by atoms with Gasteiger partial charge in [0.25, 0.3) is 0 Å². The maximum absolute atomic E-state index is 13.0. The first-order valence-corrected chi connectivity index (χ1v) is 27.6. The smallest absolute Gasteiger partial charge is 0.369 e. The van der Waals surface area contributed by atoms with Crippen molar-refractivity contribution in [3.8, 4) is 23.8 Å². The lowest BCUT2D eigenvalue weighted by Crippen LogP contribution is -2.44. The number of aromatic hydroxyl groups is 1. The van der Waals surface area contributed by atoms with E-state index in [4.69, 9.17) is 11.2 Å². The molecular weight excluding hydrogens is 997 g/mol. The average molecular weight is 1070 g/mol. The van der Waals surface area contributed by atoms with Crippen LogP contribution in [0.2, 0.25) is 0 Å². The van der Waals surface area contributed by atoms with Gasteiger partial charge in [0.2, 0.25) is 11.8 Å². The van der Waals surface area contributed by atoms with Gasteiger partial charge in [0, 0.05) is 11.8 Å². The maximum atomic E-state index is 13.0. The molecule has 0 saturated carbocycles. The highest BCUT2D eigenvalue weighted by atomic mass is 32.2. The molecule has 5 atom stereocenters. The van der Waals surface area contributed by atoms with Crippen molar-refractivity contribution >= 4 is 38.8 Å². The van der Waals surface area contributed by atoms with Gasteiger partial charge in [-0.15, -0.1) is 6.42 Å². The molecule has 1 fully saturated rings. The Morgan fingerprint density at radius 2 is 1.15 bits per heavy atom. The van der Waals surface area contributed by atoms with E-state index in [-0.39, 0.29) is 46.8 Å². The largest absolute Gasteiger partial charge is 0.743 e. The first-order chi connectivity index (χ1) is 35.0. The van der Waals surface area contributed by atoms with Crippen LogP contribution < -0.4 is 4.74 Å². The van der Waals surface area contributed by atoms with Gasteiger partial charge in [0.1, 0.15) is 0 Å². The molecule has 2 amide bonds. The van der Waals surface area contributed by atoms with Crippen LogP contribution in [0.25, 0.3) is 0 Å². The van der Waals surface area contributed by atoms with Crippen molar-refractivity contribution in [2.45, 2.75) is 146 Å². The van der Waals surface area contributed by atoms with Gasteiger partial charge in [-0.05, 0) is 131 Å². The Kier molecular flexibility index (Phi) is 25.9. The van der Waals surface area contributed by atoms with E-state index in [1.54, 1.807) is 33.9 Å². The highest BCUT2D eigenvalue weighted by Crippen LogP contribution is 2.33. The number of esters is 1. The summed E-state index contributed by atoms with van der Waals surface area (Å²) in [7, 11) is -4.31. The molecular formula is C60H77F2NO10S2. The van der Waals surface area contributed by atoms with Crippen LogP contribution in [0.4, 0.5) is 8.78 Å². The van der Waals surface area contributed by atoms with E-state index in [0.29, 0.717) is 30.9 Å². The molecule has 1 aliphatic heterocycles. The topological polar surface area (TPSA) is 171 Å². The number of nitrogens with zero attached hydrogens (tertiary/aromatic N) is 1. The molecule has 2 N–H and O–H groups in total. The number of carbonyl (C=O) groups is 3. The third-order valence-electron chi connectivity index (χ3n) is 13.0. The van der Waals surface area contributed by atoms with E-state index in [1.165, 1.54) is 39.7 Å². The number of ether oxygens (including phenoxy) is 2. The second-order valence-electron chi connectivity index (χ2n) is 19.3. The van der Waals surface area contributed by atoms with Gasteiger partial charge in [-0.2, -0.15) is 8.78 Å². The minimum Gasteiger partial charge on any atom is -0.743 e. The summed E-state index contributed by atoms with van der Waals surface area (Å²) in [4.78, 5) is 39.3. The Morgan fingerprint density at radius 1 is 0.747 bits per heavy atom. The molecule has 1 heterocycles. The molecule has 0 bridgehead atoms. The van der Waals surface area contributed by atoms with Crippen molar-refractivity contribution in [2.75, 3.05) is 13.7 Å². The summed E-state index contributed by atoms with van der Waals surface area (Å²) in [6.45, 7) is 21.2. The fourth-order valence-electron chi connectivity index (χ4n) is 6.78. The first-order valence-electron chi connectivity index (χ1n) is 25.0. The summed E-state index contributed by atoms with van der Waals surface area (Å²) in [5.41, 5.74) is 1.78. The number of halogens is 2. The van der Waals surface area contributed by atoms with E-state index >= 15 is 0 Å². The molecule has 5 unspecified atom stereocenters. The standard InChI is InChI=1S/C18H15S.C13H20O.C11H16O2.C9H16F2O5S.C9H11NO2/c1-4-10-16(11-5-1)19(17-12-6-2-7-13-17)18-14-8-3-9-15-18;1-5-10(2)11-6-8-12(9-7-11)13(3,4)14;1-4-8(2)9-5-6-10(12)11(7-9)13-3;1-5-8(3,4)7(12)16-6(2)9(10,11)17(13,14)15;1-4-5-10-8(11)6(2)7(3)9(10)12/h1-15H;6-10,14H,5H2,1-4H3;5-8,12H,4H2,1-3H3;6H,5H2,1-4H3,(H,13,14,15);1,6-7H,5H2,2-3H3/q+1;;;;/p-1. The van der Waals surface area contributed by atoms with Crippen LogP contribution >= 0.6 is 0 Å². The van der Waals surface area contributed by atoms with E-state index in [1.807, 2.05) is 38.1 Å². The van der Waals surface area contributed by atoms with Gasteiger partial charge in [0.15, 0.2) is 42.4 Å². The van der Waals surface area contributed by atoms with Crippen molar-refractivity contribution in [3.05, 3.63) is 150 Å². The number of rotatable bonds is 15. The molecule has 408 valence electrons. The zero-order valence-electron chi connectivity index (χ0n) is 45.7.